The highest BCUT2D eigenvalue weighted by Gasteiger charge is 2.44. The number of hydrogen-bond donors (Lipinski definition) is 0. The van der Waals surface area contributed by atoms with Gasteiger partial charge in [0.05, 0.1) is 5.56 Å². The molecule has 1 aliphatic carbocycles. The molecule has 1 saturated carbocycles. The van der Waals surface area contributed by atoms with E-state index < -0.39 is 5.92 Å². The topological polar surface area (TPSA) is 58.7 Å². The van der Waals surface area contributed by atoms with Crippen molar-refractivity contribution in [3.05, 3.63) is 29.1 Å². The Morgan fingerprint density at radius 3 is 2.75 bits per heavy atom. The number of fused-ring (bicyclic) bond motifs is 1. The van der Waals surface area contributed by atoms with E-state index in [1.165, 1.54) is 6.20 Å². The lowest BCUT2D eigenvalue weighted by Crippen LogP contribution is -2.34. The van der Waals surface area contributed by atoms with Crippen molar-refractivity contribution in [2.75, 3.05) is 0 Å². The Labute approximate surface area is 163 Å². The molecule has 6 heteroatoms. The summed E-state index contributed by atoms with van der Waals surface area (Å²) < 4.78 is 27.4. The van der Waals surface area contributed by atoms with Crippen molar-refractivity contribution in [1.82, 2.24) is 9.55 Å². The Hall–Kier alpha value is -2.73. The zero-order valence-electron chi connectivity index (χ0n) is 16.0. The molecule has 2 heterocycles. The molecule has 3 rings (SSSR count). The lowest BCUT2D eigenvalue weighted by atomic mass is 9.82. The van der Waals surface area contributed by atoms with Crippen LogP contribution in [-0.2, 0) is 13.5 Å². The van der Waals surface area contributed by atoms with Gasteiger partial charge < -0.3 is 4.57 Å². The van der Waals surface area contributed by atoms with Crippen molar-refractivity contribution in [3.63, 3.8) is 0 Å². The first-order valence-corrected chi connectivity index (χ1v) is 9.64. The van der Waals surface area contributed by atoms with E-state index in [-0.39, 0.29) is 18.8 Å². The molecular weight excluding hydrogens is 360 g/mol. The normalized spacial score (nSPS) is 15.5. The van der Waals surface area contributed by atoms with Gasteiger partial charge in [-0.15, -0.1) is 5.92 Å². The molecule has 0 amide bonds. The van der Waals surface area contributed by atoms with Crippen LogP contribution in [0.15, 0.2) is 12.3 Å². The highest BCUT2D eigenvalue weighted by Crippen LogP contribution is 2.41. The second-order valence-electron chi connectivity index (χ2n) is 7.44. The summed E-state index contributed by atoms with van der Waals surface area (Å²) in [5.41, 5.74) is 2.72. The van der Waals surface area contributed by atoms with E-state index in [1.807, 2.05) is 11.6 Å². The van der Waals surface area contributed by atoms with Gasteiger partial charge in [-0.1, -0.05) is 18.8 Å². The Morgan fingerprint density at radius 2 is 2.07 bits per heavy atom. The minimum atomic E-state index is -2.49. The van der Waals surface area contributed by atoms with Gasteiger partial charge in [0.25, 0.3) is 5.92 Å². The maximum Gasteiger partial charge on any atom is 0.250 e. The number of rotatable bonds is 7. The quantitative estimate of drug-likeness (QED) is 0.392. The van der Waals surface area contributed by atoms with Gasteiger partial charge in [0.1, 0.15) is 11.7 Å². The minimum absolute atomic E-state index is 0.0885. The van der Waals surface area contributed by atoms with Crippen LogP contribution in [0.4, 0.5) is 8.78 Å². The molecule has 0 N–H and O–H groups in total. The summed E-state index contributed by atoms with van der Waals surface area (Å²) in [6, 6.07) is 3.77. The number of halogens is 2. The van der Waals surface area contributed by atoms with Crippen LogP contribution in [-0.4, -0.2) is 21.8 Å². The average molecular weight is 383 g/mol. The Morgan fingerprint density at radius 1 is 1.32 bits per heavy atom. The molecule has 2 aromatic rings. The average Bonchev–Trinajstić information content (AvgIpc) is 2.92. The molecule has 1 fully saturated rings. The van der Waals surface area contributed by atoms with E-state index in [1.54, 1.807) is 6.07 Å². The summed E-state index contributed by atoms with van der Waals surface area (Å²) in [6.45, 7) is 0. The SMILES string of the molecule is Cn1c(CCCCCCC#CC2CC(F)(F)C2)c(C=O)c2cc(C#N)cnc21. The molecule has 0 atom stereocenters. The highest BCUT2D eigenvalue weighted by molar-refractivity contribution is 5.98. The molecule has 0 spiro atoms. The number of nitriles is 1. The van der Waals surface area contributed by atoms with Gasteiger partial charge in [0.2, 0.25) is 0 Å². The van der Waals surface area contributed by atoms with Crippen LogP contribution in [0.1, 0.15) is 66.6 Å². The number of pyridine rings is 1. The fourth-order valence-electron chi connectivity index (χ4n) is 3.72. The van der Waals surface area contributed by atoms with Crippen molar-refractivity contribution in [2.45, 2.75) is 57.3 Å². The number of alkyl halides is 2. The molecule has 2 aromatic heterocycles. The Bertz CT molecular complexity index is 968. The van der Waals surface area contributed by atoms with Crippen molar-refractivity contribution >= 4 is 17.3 Å². The first kappa shape index (κ1) is 20.0. The molecule has 0 bridgehead atoms. The summed E-state index contributed by atoms with van der Waals surface area (Å²) >= 11 is 0. The maximum absolute atomic E-state index is 12.7. The van der Waals surface area contributed by atoms with Crippen LogP contribution in [0, 0.1) is 29.1 Å². The third-order valence-corrected chi connectivity index (χ3v) is 5.30. The summed E-state index contributed by atoms with van der Waals surface area (Å²) in [7, 11) is 1.89. The highest BCUT2D eigenvalue weighted by atomic mass is 19.3. The number of nitrogens with zero attached hydrogens (tertiary/aromatic N) is 3. The van der Waals surface area contributed by atoms with Crippen molar-refractivity contribution in [2.24, 2.45) is 13.0 Å². The van der Waals surface area contributed by atoms with E-state index in [0.717, 1.165) is 55.9 Å². The van der Waals surface area contributed by atoms with Crippen molar-refractivity contribution in [3.8, 4) is 17.9 Å². The molecule has 0 aliphatic heterocycles. The maximum atomic E-state index is 12.7. The van der Waals surface area contributed by atoms with Crippen LogP contribution in [0.25, 0.3) is 11.0 Å². The van der Waals surface area contributed by atoms with Gasteiger partial charge in [-0.2, -0.15) is 5.26 Å². The van der Waals surface area contributed by atoms with Gasteiger partial charge in [0, 0.05) is 55.1 Å². The van der Waals surface area contributed by atoms with Crippen LogP contribution in [0.5, 0.6) is 0 Å². The lowest BCUT2D eigenvalue weighted by Gasteiger charge is -2.31. The number of aromatic nitrogens is 2. The lowest BCUT2D eigenvalue weighted by molar-refractivity contribution is -0.0936. The van der Waals surface area contributed by atoms with Gasteiger partial charge in [0.15, 0.2) is 6.29 Å². The molecule has 0 aromatic carbocycles. The second-order valence-corrected chi connectivity index (χ2v) is 7.44. The molecular formula is C22H23F2N3O. The second kappa shape index (κ2) is 8.52. The number of aldehydes is 1. The standard InChI is InChI=1S/C22H23F2N3O/c1-27-20(19(15-28)18-10-17(13-25)14-26-21(18)27)9-7-5-3-2-4-6-8-16-11-22(23,24)12-16/h10,14-16H,2-5,7,9,11-12H2,1H3. The Kier molecular flexibility index (Phi) is 6.09. The van der Waals surface area contributed by atoms with Crippen molar-refractivity contribution in [1.29, 1.82) is 5.26 Å². The van der Waals surface area contributed by atoms with Crippen LogP contribution < -0.4 is 0 Å². The molecule has 146 valence electrons. The summed E-state index contributed by atoms with van der Waals surface area (Å²) in [6.07, 6.45) is 7.64. The smallest absolute Gasteiger partial charge is 0.250 e. The monoisotopic (exact) mass is 383 g/mol. The largest absolute Gasteiger partial charge is 0.332 e. The van der Waals surface area contributed by atoms with E-state index in [2.05, 4.69) is 22.9 Å². The molecule has 4 nitrogen and oxygen atoms in total. The molecule has 0 saturated heterocycles. The number of aryl methyl sites for hydroxylation is 1. The number of hydrogen-bond acceptors (Lipinski definition) is 3. The summed E-state index contributed by atoms with van der Waals surface area (Å²) in [5.74, 6) is 3.34. The zero-order valence-corrected chi connectivity index (χ0v) is 16.0. The predicted molar refractivity (Wildman–Crippen MR) is 103 cm³/mol. The van der Waals surface area contributed by atoms with Gasteiger partial charge >= 0.3 is 0 Å². The third kappa shape index (κ3) is 4.39. The third-order valence-electron chi connectivity index (χ3n) is 5.30. The fraction of sp³-hybridized carbons (Fsp3) is 0.500. The number of carbonyl (C=O) groups excluding carboxylic acids is 1. The molecule has 28 heavy (non-hydrogen) atoms. The first-order chi connectivity index (χ1) is 13.4. The summed E-state index contributed by atoms with van der Waals surface area (Å²) in [4.78, 5) is 15.9. The first-order valence-electron chi connectivity index (χ1n) is 9.64. The fourth-order valence-corrected chi connectivity index (χ4v) is 3.72. The van der Waals surface area contributed by atoms with Crippen LogP contribution in [0.2, 0.25) is 0 Å². The summed E-state index contributed by atoms with van der Waals surface area (Å²) in [5, 5.41) is 9.77. The van der Waals surface area contributed by atoms with Crippen molar-refractivity contribution < 1.29 is 13.6 Å². The van der Waals surface area contributed by atoms with E-state index in [9.17, 15) is 13.6 Å². The van der Waals surface area contributed by atoms with E-state index in [0.29, 0.717) is 16.8 Å². The van der Waals surface area contributed by atoms with Gasteiger partial charge in [-0.05, 0) is 25.3 Å². The van der Waals surface area contributed by atoms with E-state index in [4.69, 9.17) is 5.26 Å². The number of unbranched alkanes of at least 4 members (excludes halogenated alkanes) is 4. The van der Waals surface area contributed by atoms with Crippen LogP contribution >= 0.6 is 0 Å². The predicted octanol–water partition coefficient (Wildman–Crippen LogP) is 4.80. The Balaban J connectivity index is 1.47. The van der Waals surface area contributed by atoms with Gasteiger partial charge in [-0.3, -0.25) is 4.79 Å². The molecule has 0 unspecified atom stereocenters. The number of carbonyl (C=O) groups is 1. The van der Waals surface area contributed by atoms with Crippen LogP contribution in [0.3, 0.4) is 0 Å². The molecule has 1 aliphatic rings. The molecule has 0 radical (unpaired) electrons. The van der Waals surface area contributed by atoms with Gasteiger partial charge in [-0.25, -0.2) is 13.8 Å². The minimum Gasteiger partial charge on any atom is -0.332 e. The zero-order chi connectivity index (χ0) is 20.1. The van der Waals surface area contributed by atoms with E-state index >= 15 is 0 Å².